The summed E-state index contributed by atoms with van der Waals surface area (Å²) in [6.07, 6.45) is 2.78. The van der Waals surface area contributed by atoms with Crippen molar-refractivity contribution in [1.82, 2.24) is 19.9 Å². The Balaban J connectivity index is 0.000000145. The van der Waals surface area contributed by atoms with Crippen molar-refractivity contribution in [3.05, 3.63) is 93.6 Å². The van der Waals surface area contributed by atoms with Gasteiger partial charge in [-0.2, -0.15) is 0 Å². The van der Waals surface area contributed by atoms with Crippen LogP contribution in [0.15, 0.2) is 70.4 Å². The van der Waals surface area contributed by atoms with Gasteiger partial charge in [0.2, 0.25) is 0 Å². The smallest absolute Gasteiger partial charge is 0.126 e. The lowest BCUT2D eigenvalue weighted by Gasteiger charge is -2.02. The highest BCUT2D eigenvalue weighted by Crippen LogP contribution is 2.35. The SMILES string of the molecule is Fc1cc(F)cc(-c2ncnc3c(Br)csc23)c1.Fc1cc(F)cc(-c2ncnc3ccsc23)c1. The van der Waals surface area contributed by atoms with Gasteiger partial charge in [-0.05, 0) is 51.6 Å². The lowest BCUT2D eigenvalue weighted by Crippen LogP contribution is -1.89. The van der Waals surface area contributed by atoms with E-state index in [2.05, 4.69) is 35.9 Å². The second kappa shape index (κ2) is 9.76. The Bertz CT molecular complexity index is 1650. The second-order valence-electron chi connectivity index (χ2n) is 7.16. The zero-order valence-electron chi connectivity index (χ0n) is 17.3. The van der Waals surface area contributed by atoms with Crippen LogP contribution in [-0.2, 0) is 0 Å². The van der Waals surface area contributed by atoms with E-state index in [1.165, 1.54) is 59.6 Å². The molecule has 0 saturated carbocycles. The summed E-state index contributed by atoms with van der Waals surface area (Å²) in [7, 11) is 0. The Morgan fingerprint density at radius 2 is 1.17 bits per heavy atom. The highest BCUT2D eigenvalue weighted by atomic mass is 79.9. The van der Waals surface area contributed by atoms with Crippen LogP contribution >= 0.6 is 38.6 Å². The van der Waals surface area contributed by atoms with E-state index < -0.39 is 23.3 Å². The van der Waals surface area contributed by atoms with Gasteiger partial charge >= 0.3 is 0 Å². The molecule has 0 spiro atoms. The Morgan fingerprint density at radius 3 is 1.77 bits per heavy atom. The summed E-state index contributed by atoms with van der Waals surface area (Å²) < 4.78 is 55.3. The van der Waals surface area contributed by atoms with Crippen LogP contribution in [0.25, 0.3) is 42.9 Å². The molecule has 0 aliphatic rings. The molecule has 4 heterocycles. The van der Waals surface area contributed by atoms with Gasteiger partial charge in [0.05, 0.1) is 36.3 Å². The van der Waals surface area contributed by atoms with E-state index in [1.54, 1.807) is 0 Å². The van der Waals surface area contributed by atoms with Crippen LogP contribution in [-0.4, -0.2) is 19.9 Å². The highest BCUT2D eigenvalue weighted by molar-refractivity contribution is 9.10. The molecule has 35 heavy (non-hydrogen) atoms. The number of halogens is 5. The molecule has 4 nitrogen and oxygen atoms in total. The van der Waals surface area contributed by atoms with Gasteiger partial charge in [-0.3, -0.25) is 0 Å². The lowest BCUT2D eigenvalue weighted by molar-refractivity contribution is 0.583. The van der Waals surface area contributed by atoms with Crippen molar-refractivity contribution in [1.29, 1.82) is 0 Å². The Kier molecular flexibility index (Phi) is 6.54. The third-order valence-electron chi connectivity index (χ3n) is 4.83. The fourth-order valence-electron chi connectivity index (χ4n) is 3.40. The highest BCUT2D eigenvalue weighted by Gasteiger charge is 2.13. The van der Waals surface area contributed by atoms with Crippen molar-refractivity contribution in [2.24, 2.45) is 0 Å². The number of hydrogen-bond acceptors (Lipinski definition) is 6. The maximum atomic E-state index is 13.2. The number of aromatic nitrogens is 4. The van der Waals surface area contributed by atoms with Crippen LogP contribution in [0, 0.1) is 23.3 Å². The summed E-state index contributed by atoms with van der Waals surface area (Å²) in [5.74, 6) is -2.45. The minimum absolute atomic E-state index is 0.411. The maximum absolute atomic E-state index is 13.2. The molecule has 2 aromatic carbocycles. The zero-order valence-corrected chi connectivity index (χ0v) is 20.6. The van der Waals surface area contributed by atoms with Crippen LogP contribution in [0.3, 0.4) is 0 Å². The van der Waals surface area contributed by atoms with E-state index >= 15 is 0 Å². The maximum Gasteiger partial charge on any atom is 0.126 e. The summed E-state index contributed by atoms with van der Waals surface area (Å²) in [6, 6.07) is 8.59. The predicted octanol–water partition coefficient (Wildman–Crippen LogP) is 8.04. The van der Waals surface area contributed by atoms with Crippen molar-refractivity contribution in [3.8, 4) is 22.5 Å². The Labute approximate surface area is 212 Å². The topological polar surface area (TPSA) is 51.6 Å². The molecule has 0 radical (unpaired) electrons. The van der Waals surface area contributed by atoms with Gasteiger partial charge < -0.3 is 0 Å². The monoisotopic (exact) mass is 574 g/mol. The molecule has 0 aliphatic carbocycles. The lowest BCUT2D eigenvalue weighted by atomic mass is 10.1. The van der Waals surface area contributed by atoms with Gasteiger partial charge in [0.25, 0.3) is 0 Å². The quantitative estimate of drug-likeness (QED) is 0.196. The largest absolute Gasteiger partial charge is 0.235 e. The van der Waals surface area contributed by atoms with Crippen LogP contribution < -0.4 is 0 Å². The number of thiophene rings is 2. The number of hydrogen-bond donors (Lipinski definition) is 0. The van der Waals surface area contributed by atoms with Crippen molar-refractivity contribution < 1.29 is 17.6 Å². The minimum atomic E-state index is -0.618. The van der Waals surface area contributed by atoms with Crippen LogP contribution in [0.2, 0.25) is 0 Å². The molecule has 0 aliphatic heterocycles. The van der Waals surface area contributed by atoms with E-state index in [0.717, 1.165) is 37.0 Å². The molecule has 0 fully saturated rings. The summed E-state index contributed by atoms with van der Waals surface area (Å²) in [4.78, 5) is 16.4. The summed E-state index contributed by atoms with van der Waals surface area (Å²) in [6.45, 7) is 0. The molecule has 0 amide bonds. The number of rotatable bonds is 2. The standard InChI is InChI=1S/C12H5BrF2N2S.C12H6F2N2S/c13-9-4-18-12-10(16-5-17-11(9)12)6-1-7(14)3-8(15)2-6;13-8-3-7(4-9(14)5-8)11-12-10(1-2-17-12)15-6-16-11/h1-5H;1-6H. The first-order valence-corrected chi connectivity index (χ1v) is 12.4. The average molecular weight is 575 g/mol. The fraction of sp³-hybridized carbons (Fsp3) is 0. The Morgan fingerprint density at radius 1 is 0.629 bits per heavy atom. The van der Waals surface area contributed by atoms with Crippen molar-refractivity contribution in [3.63, 3.8) is 0 Å². The third-order valence-corrected chi connectivity index (χ3v) is 7.62. The molecule has 11 heteroatoms. The second-order valence-corrected chi connectivity index (χ2v) is 9.81. The normalized spacial score (nSPS) is 11.0. The number of benzene rings is 2. The molecule has 174 valence electrons. The third kappa shape index (κ3) is 4.93. The minimum Gasteiger partial charge on any atom is -0.235 e. The molecule has 0 saturated heterocycles. The molecule has 4 aromatic heterocycles. The molecule has 0 unspecified atom stereocenters. The van der Waals surface area contributed by atoms with Gasteiger partial charge in [-0.1, -0.05) is 0 Å². The van der Waals surface area contributed by atoms with Gasteiger partial charge in [0, 0.05) is 28.6 Å². The summed E-state index contributed by atoms with van der Waals surface area (Å²) >= 11 is 6.26. The van der Waals surface area contributed by atoms with Crippen molar-refractivity contribution >= 4 is 59.0 Å². The average Bonchev–Trinajstić information content (AvgIpc) is 3.45. The van der Waals surface area contributed by atoms with Gasteiger partial charge in [-0.25, -0.2) is 37.5 Å². The molecule has 0 bridgehead atoms. The van der Waals surface area contributed by atoms with E-state index in [9.17, 15) is 17.6 Å². The first-order valence-electron chi connectivity index (χ1n) is 9.88. The van der Waals surface area contributed by atoms with Gasteiger partial charge in [0.15, 0.2) is 0 Å². The molecule has 0 atom stereocenters. The van der Waals surface area contributed by atoms with Crippen LogP contribution in [0.5, 0.6) is 0 Å². The predicted molar refractivity (Wildman–Crippen MR) is 133 cm³/mol. The number of fused-ring (bicyclic) bond motifs is 2. The van der Waals surface area contributed by atoms with Crippen LogP contribution in [0.1, 0.15) is 0 Å². The van der Waals surface area contributed by atoms with E-state index in [0.29, 0.717) is 22.5 Å². The molecule has 6 aromatic rings. The van der Waals surface area contributed by atoms with Gasteiger partial charge in [0.1, 0.15) is 35.9 Å². The molecule has 0 N–H and O–H groups in total. The van der Waals surface area contributed by atoms with Crippen LogP contribution in [0.4, 0.5) is 17.6 Å². The molecular weight excluding hydrogens is 564 g/mol. The summed E-state index contributed by atoms with van der Waals surface area (Å²) in [5, 5.41) is 3.75. The zero-order chi connectivity index (χ0) is 24.5. The van der Waals surface area contributed by atoms with E-state index in [1.807, 2.05) is 16.8 Å². The Hall–Kier alpha value is -3.28. The van der Waals surface area contributed by atoms with E-state index in [4.69, 9.17) is 0 Å². The first kappa shape index (κ1) is 23.5. The molecule has 6 rings (SSSR count). The van der Waals surface area contributed by atoms with Crippen molar-refractivity contribution in [2.75, 3.05) is 0 Å². The van der Waals surface area contributed by atoms with Gasteiger partial charge in [-0.15, -0.1) is 22.7 Å². The van der Waals surface area contributed by atoms with Crippen molar-refractivity contribution in [2.45, 2.75) is 0 Å². The number of nitrogens with zero attached hydrogens (tertiary/aromatic N) is 4. The van der Waals surface area contributed by atoms with E-state index in [-0.39, 0.29) is 0 Å². The fourth-order valence-corrected chi connectivity index (χ4v) is 5.86. The molecular formula is C24H11BrF4N4S2. The summed E-state index contributed by atoms with van der Waals surface area (Å²) in [5.41, 5.74) is 3.46. The first-order chi connectivity index (χ1) is 16.9.